The van der Waals surface area contributed by atoms with Gasteiger partial charge in [0.2, 0.25) is 12.7 Å². The van der Waals surface area contributed by atoms with Gasteiger partial charge in [0.1, 0.15) is 0 Å². The molecule has 0 aliphatic carbocycles. The lowest BCUT2D eigenvalue weighted by Gasteiger charge is -2.22. The summed E-state index contributed by atoms with van der Waals surface area (Å²) in [6.07, 6.45) is 0. The molecule has 9 nitrogen and oxygen atoms in total. The van der Waals surface area contributed by atoms with Crippen LogP contribution < -0.4 is 20.1 Å². The van der Waals surface area contributed by atoms with E-state index in [0.717, 1.165) is 11.3 Å². The van der Waals surface area contributed by atoms with Crippen LogP contribution in [0.25, 0.3) is 0 Å². The molecule has 0 saturated heterocycles. The molecule has 3 aromatic rings. The quantitative estimate of drug-likeness (QED) is 0.429. The van der Waals surface area contributed by atoms with E-state index in [9.17, 15) is 9.59 Å². The van der Waals surface area contributed by atoms with Crippen molar-refractivity contribution in [1.29, 1.82) is 0 Å². The summed E-state index contributed by atoms with van der Waals surface area (Å²) in [5.41, 5.74) is 2.36. The Balaban J connectivity index is 1.44. The van der Waals surface area contributed by atoms with Crippen LogP contribution in [0.1, 0.15) is 48.6 Å². The number of carbonyl (C=O) groups excluding carboxylic acids is 2. The molecule has 0 fully saturated rings. The van der Waals surface area contributed by atoms with Crippen molar-refractivity contribution < 1.29 is 19.1 Å². The molecule has 2 N–H and O–H groups in total. The molecule has 2 amide bonds. The molecule has 35 heavy (non-hydrogen) atoms. The first-order valence-corrected chi connectivity index (χ1v) is 12.5. The number of nitrogens with one attached hydrogen (secondary N) is 2. The number of anilines is 1. The number of aromatic nitrogens is 3. The summed E-state index contributed by atoms with van der Waals surface area (Å²) in [6, 6.07) is 12.4. The molecule has 2 aromatic carbocycles. The Hall–Kier alpha value is -3.53. The van der Waals surface area contributed by atoms with E-state index in [4.69, 9.17) is 9.47 Å². The maximum atomic E-state index is 13.0. The largest absolute Gasteiger partial charge is 0.454 e. The van der Waals surface area contributed by atoms with Crippen LogP contribution in [0, 0.1) is 12.8 Å². The zero-order valence-corrected chi connectivity index (χ0v) is 21.0. The van der Waals surface area contributed by atoms with Crippen molar-refractivity contribution in [2.45, 2.75) is 45.4 Å². The number of aryl methyl sites for hydroxylation is 1. The number of fused-ring (bicyclic) bond motifs is 1. The Kier molecular flexibility index (Phi) is 7.60. The average molecular weight is 496 g/mol. The summed E-state index contributed by atoms with van der Waals surface area (Å²) in [5.74, 6) is 1.73. The first-order chi connectivity index (χ1) is 16.9. The van der Waals surface area contributed by atoms with Gasteiger partial charge in [0.15, 0.2) is 22.5 Å². The minimum Gasteiger partial charge on any atom is -0.454 e. The summed E-state index contributed by atoms with van der Waals surface area (Å²) >= 11 is 1.32. The van der Waals surface area contributed by atoms with Gasteiger partial charge in [-0.25, -0.2) is 0 Å². The highest BCUT2D eigenvalue weighted by molar-refractivity contribution is 7.99. The Labute approximate surface area is 208 Å². The number of thioether (sulfide) groups is 1. The van der Waals surface area contributed by atoms with Crippen molar-refractivity contribution in [1.82, 2.24) is 20.1 Å². The molecule has 10 heteroatoms. The number of rotatable bonds is 9. The highest BCUT2D eigenvalue weighted by Gasteiger charge is 2.27. The third-order valence-electron chi connectivity index (χ3n) is 5.60. The summed E-state index contributed by atoms with van der Waals surface area (Å²) in [5, 5.41) is 15.3. The molecule has 1 unspecified atom stereocenters. The molecule has 0 saturated carbocycles. The van der Waals surface area contributed by atoms with Gasteiger partial charge in [-0.3, -0.25) is 9.59 Å². The van der Waals surface area contributed by atoms with Crippen molar-refractivity contribution >= 4 is 29.3 Å². The average Bonchev–Trinajstić information content (AvgIpc) is 3.48. The van der Waals surface area contributed by atoms with Gasteiger partial charge in [0, 0.05) is 17.8 Å². The lowest BCUT2D eigenvalue weighted by atomic mass is 10.0. The number of carbonyl (C=O) groups is 2. The van der Waals surface area contributed by atoms with Gasteiger partial charge in [-0.05, 0) is 50.1 Å². The van der Waals surface area contributed by atoms with Crippen molar-refractivity contribution in [3.8, 4) is 11.5 Å². The molecular weight excluding hydrogens is 466 g/mol. The Morgan fingerprint density at radius 1 is 1.09 bits per heavy atom. The summed E-state index contributed by atoms with van der Waals surface area (Å²) < 4.78 is 12.7. The fraction of sp³-hybridized carbons (Fsp3) is 0.360. The number of hydrogen-bond acceptors (Lipinski definition) is 7. The summed E-state index contributed by atoms with van der Waals surface area (Å²) in [4.78, 5) is 25.5. The van der Waals surface area contributed by atoms with Gasteiger partial charge < -0.3 is 24.7 Å². The zero-order chi connectivity index (χ0) is 24.9. The monoisotopic (exact) mass is 495 g/mol. The normalized spacial score (nSPS) is 13.1. The first-order valence-electron chi connectivity index (χ1n) is 11.5. The third-order valence-corrected chi connectivity index (χ3v) is 6.56. The van der Waals surface area contributed by atoms with Crippen LogP contribution in [-0.2, 0) is 11.3 Å². The Morgan fingerprint density at radius 3 is 2.54 bits per heavy atom. The zero-order valence-electron chi connectivity index (χ0n) is 20.2. The SMILES string of the molecule is CCn1c(SCC(=O)Nc2ccc(C)cc2)nnc1C(NC(=O)c1ccc2c(c1)OCO2)C(C)C. The number of benzene rings is 2. The van der Waals surface area contributed by atoms with E-state index in [1.807, 2.05) is 56.5 Å². The van der Waals surface area contributed by atoms with Gasteiger partial charge in [-0.15, -0.1) is 10.2 Å². The standard InChI is InChI=1S/C25H29N5O4S/c1-5-30-23(28-29-25(30)35-13-21(31)26-18-9-6-16(4)7-10-18)22(15(2)3)27-24(32)17-8-11-19-20(12-17)34-14-33-19/h6-12,15,22H,5,13-14H2,1-4H3,(H,26,31)(H,27,32). The van der Waals surface area contributed by atoms with Crippen LogP contribution >= 0.6 is 11.8 Å². The maximum Gasteiger partial charge on any atom is 0.252 e. The van der Waals surface area contributed by atoms with Crippen molar-refractivity contribution in [2.75, 3.05) is 17.9 Å². The van der Waals surface area contributed by atoms with Gasteiger partial charge in [-0.2, -0.15) is 0 Å². The van der Waals surface area contributed by atoms with E-state index in [1.165, 1.54) is 11.8 Å². The van der Waals surface area contributed by atoms with Crippen molar-refractivity contribution in [2.24, 2.45) is 5.92 Å². The maximum absolute atomic E-state index is 13.0. The van der Waals surface area contributed by atoms with Crippen molar-refractivity contribution in [3.63, 3.8) is 0 Å². The molecule has 1 aliphatic heterocycles. The number of hydrogen-bond donors (Lipinski definition) is 2. The molecule has 1 aliphatic rings. The fourth-order valence-electron chi connectivity index (χ4n) is 3.69. The second-order valence-corrected chi connectivity index (χ2v) is 9.49. The van der Waals surface area contributed by atoms with Gasteiger partial charge in [0.05, 0.1) is 11.8 Å². The molecular formula is C25H29N5O4S. The van der Waals surface area contributed by atoms with E-state index in [2.05, 4.69) is 20.8 Å². The van der Waals surface area contributed by atoms with E-state index in [-0.39, 0.29) is 36.3 Å². The molecule has 0 radical (unpaired) electrons. The molecule has 184 valence electrons. The third kappa shape index (κ3) is 5.76. The van der Waals surface area contributed by atoms with E-state index >= 15 is 0 Å². The van der Waals surface area contributed by atoms with Gasteiger partial charge >= 0.3 is 0 Å². The molecule has 4 rings (SSSR count). The van der Waals surface area contributed by atoms with E-state index in [0.29, 0.717) is 34.6 Å². The Morgan fingerprint density at radius 2 is 1.83 bits per heavy atom. The van der Waals surface area contributed by atoms with Crippen molar-refractivity contribution in [3.05, 3.63) is 59.4 Å². The number of ether oxygens (including phenoxy) is 2. The number of amides is 2. The summed E-state index contributed by atoms with van der Waals surface area (Å²) in [7, 11) is 0. The Bertz CT molecular complexity index is 1210. The minimum atomic E-state index is -0.365. The van der Waals surface area contributed by atoms with Gasteiger partial charge in [0.25, 0.3) is 5.91 Å². The van der Waals surface area contributed by atoms with Crippen LogP contribution in [0.2, 0.25) is 0 Å². The smallest absolute Gasteiger partial charge is 0.252 e. The second kappa shape index (κ2) is 10.8. The van der Waals surface area contributed by atoms with Gasteiger partial charge in [-0.1, -0.05) is 43.3 Å². The molecule has 1 aromatic heterocycles. The molecule has 2 heterocycles. The first kappa shape index (κ1) is 24.6. The molecule has 0 spiro atoms. The van der Waals surface area contributed by atoms with E-state index in [1.54, 1.807) is 18.2 Å². The number of nitrogens with zero attached hydrogens (tertiary/aromatic N) is 3. The second-order valence-electron chi connectivity index (χ2n) is 8.55. The predicted octanol–water partition coefficient (Wildman–Crippen LogP) is 4.19. The lowest BCUT2D eigenvalue weighted by Crippen LogP contribution is -2.33. The molecule has 0 bridgehead atoms. The minimum absolute atomic E-state index is 0.0603. The van der Waals surface area contributed by atoms with Crippen LogP contribution in [0.4, 0.5) is 5.69 Å². The van der Waals surface area contributed by atoms with E-state index < -0.39 is 0 Å². The van der Waals surface area contributed by atoms with Crippen LogP contribution in [0.3, 0.4) is 0 Å². The predicted molar refractivity (Wildman–Crippen MR) is 134 cm³/mol. The fourth-order valence-corrected chi connectivity index (χ4v) is 4.50. The van der Waals surface area contributed by atoms with Crippen LogP contribution in [-0.4, -0.2) is 39.1 Å². The van der Waals surface area contributed by atoms with Crippen LogP contribution in [0.15, 0.2) is 47.6 Å². The summed E-state index contributed by atoms with van der Waals surface area (Å²) in [6.45, 7) is 8.77. The highest BCUT2D eigenvalue weighted by Crippen LogP contribution is 2.33. The highest BCUT2D eigenvalue weighted by atomic mass is 32.2. The molecule has 1 atom stereocenters. The van der Waals surface area contributed by atoms with Crippen LogP contribution in [0.5, 0.6) is 11.5 Å². The topological polar surface area (TPSA) is 107 Å². The lowest BCUT2D eigenvalue weighted by molar-refractivity contribution is -0.113.